The van der Waals surface area contributed by atoms with Gasteiger partial charge >= 0.3 is 0 Å². The van der Waals surface area contributed by atoms with Gasteiger partial charge in [0.2, 0.25) is 0 Å². The Morgan fingerprint density at radius 1 is 1.42 bits per heavy atom. The molecule has 0 amide bonds. The van der Waals surface area contributed by atoms with Crippen molar-refractivity contribution in [1.29, 1.82) is 5.26 Å². The molecule has 1 heterocycles. The lowest BCUT2D eigenvalue weighted by atomic mass is 9.92. The number of benzene rings is 1. The zero-order valence-electron chi connectivity index (χ0n) is 12.1. The van der Waals surface area contributed by atoms with E-state index in [1.54, 1.807) is 0 Å². The van der Waals surface area contributed by atoms with Gasteiger partial charge in [-0.1, -0.05) is 12.1 Å². The number of para-hydroxylation sites is 1. The molecule has 0 fully saturated rings. The third-order valence-electron chi connectivity index (χ3n) is 3.34. The Morgan fingerprint density at radius 2 is 2.16 bits per heavy atom. The lowest BCUT2D eigenvalue weighted by Gasteiger charge is -2.19. The van der Waals surface area contributed by atoms with Crippen LogP contribution in [0.4, 0.5) is 0 Å². The summed E-state index contributed by atoms with van der Waals surface area (Å²) in [5.41, 5.74) is 0.688. The largest absolute Gasteiger partial charge is 0.490 e. The minimum atomic E-state index is -0.349. The molecule has 0 saturated carbocycles. The summed E-state index contributed by atoms with van der Waals surface area (Å²) in [7, 11) is 0. The van der Waals surface area contributed by atoms with E-state index in [1.807, 2.05) is 26.0 Å². The minimum Gasteiger partial charge on any atom is -0.490 e. The van der Waals surface area contributed by atoms with Crippen LogP contribution in [0, 0.1) is 16.7 Å². The minimum absolute atomic E-state index is 0.159. The standard InChI is InChI=1S/C16H21NO2/c1-15(2,11-17)8-9-18-13-7-5-6-12-10-16(3,4)19-14(12)13/h5-7H,8-10H2,1-4H3. The Bertz CT molecular complexity index is 512. The van der Waals surface area contributed by atoms with Crippen molar-refractivity contribution < 1.29 is 9.47 Å². The molecule has 0 radical (unpaired) electrons. The maximum Gasteiger partial charge on any atom is 0.165 e. The zero-order valence-corrected chi connectivity index (χ0v) is 12.1. The van der Waals surface area contributed by atoms with E-state index in [-0.39, 0.29) is 11.0 Å². The third kappa shape index (κ3) is 3.20. The van der Waals surface area contributed by atoms with Crippen LogP contribution in [-0.2, 0) is 6.42 Å². The van der Waals surface area contributed by atoms with Crippen molar-refractivity contribution >= 4 is 0 Å². The van der Waals surface area contributed by atoms with Crippen molar-refractivity contribution in [2.45, 2.75) is 46.1 Å². The molecule has 1 aliphatic rings. The molecule has 1 aromatic carbocycles. The van der Waals surface area contributed by atoms with Gasteiger partial charge in [0.25, 0.3) is 0 Å². The van der Waals surface area contributed by atoms with E-state index in [0.29, 0.717) is 13.0 Å². The zero-order chi connectivity index (χ0) is 14.1. The molecule has 0 atom stereocenters. The van der Waals surface area contributed by atoms with Crippen molar-refractivity contribution in [3.05, 3.63) is 23.8 Å². The highest BCUT2D eigenvalue weighted by atomic mass is 16.5. The maximum absolute atomic E-state index is 8.98. The molecule has 0 aromatic heterocycles. The molecule has 2 rings (SSSR count). The molecule has 1 aliphatic heterocycles. The van der Waals surface area contributed by atoms with Crippen LogP contribution in [0.1, 0.15) is 39.7 Å². The van der Waals surface area contributed by atoms with Gasteiger partial charge < -0.3 is 9.47 Å². The lowest BCUT2D eigenvalue weighted by Crippen LogP contribution is -2.24. The fourth-order valence-corrected chi connectivity index (χ4v) is 2.17. The van der Waals surface area contributed by atoms with Crippen LogP contribution in [0.15, 0.2) is 18.2 Å². The molecule has 0 unspecified atom stereocenters. The number of hydrogen-bond acceptors (Lipinski definition) is 3. The lowest BCUT2D eigenvalue weighted by molar-refractivity contribution is 0.131. The van der Waals surface area contributed by atoms with E-state index in [0.717, 1.165) is 17.9 Å². The van der Waals surface area contributed by atoms with Crippen LogP contribution in [0.5, 0.6) is 11.5 Å². The highest BCUT2D eigenvalue weighted by Gasteiger charge is 2.32. The first-order valence-corrected chi connectivity index (χ1v) is 6.68. The molecule has 1 aromatic rings. The first-order chi connectivity index (χ1) is 8.83. The topological polar surface area (TPSA) is 42.2 Å². The fourth-order valence-electron chi connectivity index (χ4n) is 2.17. The van der Waals surface area contributed by atoms with Gasteiger partial charge in [0, 0.05) is 12.0 Å². The van der Waals surface area contributed by atoms with Crippen molar-refractivity contribution in [2.24, 2.45) is 5.41 Å². The second-order valence-electron chi connectivity index (χ2n) is 6.38. The number of hydrogen-bond donors (Lipinski definition) is 0. The van der Waals surface area contributed by atoms with Crippen LogP contribution in [0.3, 0.4) is 0 Å². The highest BCUT2D eigenvalue weighted by Crippen LogP contribution is 2.41. The van der Waals surface area contributed by atoms with Gasteiger partial charge in [-0.15, -0.1) is 0 Å². The summed E-state index contributed by atoms with van der Waals surface area (Å²) in [4.78, 5) is 0. The molecule has 3 nitrogen and oxygen atoms in total. The smallest absolute Gasteiger partial charge is 0.165 e. The average molecular weight is 259 g/mol. The van der Waals surface area contributed by atoms with E-state index in [1.165, 1.54) is 5.56 Å². The van der Waals surface area contributed by atoms with E-state index in [4.69, 9.17) is 14.7 Å². The van der Waals surface area contributed by atoms with Crippen molar-refractivity contribution in [3.8, 4) is 17.6 Å². The van der Waals surface area contributed by atoms with Crippen LogP contribution < -0.4 is 9.47 Å². The van der Waals surface area contributed by atoms with E-state index in [2.05, 4.69) is 26.0 Å². The summed E-state index contributed by atoms with van der Waals surface area (Å²) in [5, 5.41) is 8.98. The molecule has 102 valence electrons. The molecular weight excluding hydrogens is 238 g/mol. The second-order valence-corrected chi connectivity index (χ2v) is 6.38. The quantitative estimate of drug-likeness (QED) is 0.827. The number of nitrogens with zero attached hydrogens (tertiary/aromatic N) is 1. The summed E-state index contributed by atoms with van der Waals surface area (Å²) in [6, 6.07) is 8.29. The van der Waals surface area contributed by atoms with E-state index < -0.39 is 0 Å². The first-order valence-electron chi connectivity index (χ1n) is 6.68. The van der Waals surface area contributed by atoms with E-state index >= 15 is 0 Å². The summed E-state index contributed by atoms with van der Waals surface area (Å²) >= 11 is 0. The molecule has 0 saturated heterocycles. The fraction of sp³-hybridized carbons (Fsp3) is 0.562. The van der Waals surface area contributed by atoms with Gasteiger partial charge in [0.05, 0.1) is 18.1 Å². The van der Waals surface area contributed by atoms with Gasteiger partial charge in [-0.05, 0) is 40.2 Å². The highest BCUT2D eigenvalue weighted by molar-refractivity contribution is 5.50. The molecule has 0 bridgehead atoms. The van der Waals surface area contributed by atoms with Crippen molar-refractivity contribution in [1.82, 2.24) is 0 Å². The Balaban J connectivity index is 2.04. The maximum atomic E-state index is 8.98. The second kappa shape index (κ2) is 4.77. The number of ether oxygens (including phenoxy) is 2. The molecule has 0 spiro atoms. The van der Waals surface area contributed by atoms with Gasteiger partial charge in [0.15, 0.2) is 11.5 Å². The van der Waals surface area contributed by atoms with Crippen molar-refractivity contribution in [3.63, 3.8) is 0 Å². The van der Waals surface area contributed by atoms with E-state index in [9.17, 15) is 0 Å². The summed E-state index contributed by atoms with van der Waals surface area (Å²) in [6.45, 7) is 8.53. The van der Waals surface area contributed by atoms with Gasteiger partial charge in [-0.2, -0.15) is 5.26 Å². The summed E-state index contributed by atoms with van der Waals surface area (Å²) in [5.74, 6) is 1.65. The number of nitriles is 1. The van der Waals surface area contributed by atoms with Crippen LogP contribution >= 0.6 is 0 Å². The Kier molecular flexibility index (Phi) is 3.45. The Morgan fingerprint density at radius 3 is 2.84 bits per heavy atom. The van der Waals surface area contributed by atoms with Gasteiger partial charge in [-0.25, -0.2) is 0 Å². The SMILES string of the molecule is CC(C)(C#N)CCOc1cccc2c1OC(C)(C)C2. The first kappa shape index (κ1) is 13.7. The van der Waals surface area contributed by atoms with Crippen LogP contribution in [0.25, 0.3) is 0 Å². The van der Waals surface area contributed by atoms with Gasteiger partial charge in [-0.3, -0.25) is 0 Å². The predicted molar refractivity (Wildman–Crippen MR) is 74.4 cm³/mol. The third-order valence-corrected chi connectivity index (χ3v) is 3.34. The molecule has 0 N–H and O–H groups in total. The summed E-state index contributed by atoms with van der Waals surface area (Å²) in [6.07, 6.45) is 1.61. The monoisotopic (exact) mass is 259 g/mol. The number of fused-ring (bicyclic) bond motifs is 1. The van der Waals surface area contributed by atoms with Crippen LogP contribution in [0.2, 0.25) is 0 Å². The average Bonchev–Trinajstić information content (AvgIpc) is 2.64. The van der Waals surface area contributed by atoms with Crippen LogP contribution in [-0.4, -0.2) is 12.2 Å². The molecule has 3 heteroatoms. The normalized spacial score (nSPS) is 16.4. The molecule has 0 aliphatic carbocycles. The van der Waals surface area contributed by atoms with Crippen molar-refractivity contribution in [2.75, 3.05) is 6.61 Å². The molecule has 19 heavy (non-hydrogen) atoms. The summed E-state index contributed by atoms with van der Waals surface area (Å²) < 4.78 is 11.7. The van der Waals surface area contributed by atoms with Gasteiger partial charge in [0.1, 0.15) is 5.60 Å². The molecular formula is C16H21NO2. The predicted octanol–water partition coefficient (Wildman–Crippen LogP) is 3.72. The number of rotatable bonds is 4. The Hall–Kier alpha value is -1.69. The Labute approximate surface area is 115 Å².